The lowest BCUT2D eigenvalue weighted by atomic mass is 10.2. The Morgan fingerprint density at radius 3 is 2.80 bits per heavy atom. The second-order valence-electron chi connectivity index (χ2n) is 3.98. The third-order valence-corrected chi connectivity index (χ3v) is 3.09. The van der Waals surface area contributed by atoms with Crippen LogP contribution in [0.25, 0.3) is 0 Å². The van der Waals surface area contributed by atoms with Crippen molar-refractivity contribution < 1.29 is 9.53 Å². The Morgan fingerprint density at radius 1 is 1.67 bits per heavy atom. The van der Waals surface area contributed by atoms with Crippen LogP contribution in [-0.4, -0.2) is 23.1 Å². The van der Waals surface area contributed by atoms with Crippen molar-refractivity contribution in [1.82, 2.24) is 4.98 Å². The summed E-state index contributed by atoms with van der Waals surface area (Å²) in [6.07, 6.45) is -0.231. The van der Waals surface area contributed by atoms with Gasteiger partial charge in [-0.15, -0.1) is 11.3 Å². The number of epoxide rings is 1. The molecule has 0 bridgehead atoms. The molecule has 0 aliphatic carbocycles. The van der Waals surface area contributed by atoms with Crippen molar-refractivity contribution in [3.63, 3.8) is 0 Å². The summed E-state index contributed by atoms with van der Waals surface area (Å²) < 4.78 is 5.07. The Kier molecular flexibility index (Phi) is 2.75. The van der Waals surface area contributed by atoms with Crippen LogP contribution in [0.2, 0.25) is 0 Å². The fourth-order valence-corrected chi connectivity index (χ4v) is 2.12. The van der Waals surface area contributed by atoms with Crippen LogP contribution in [0, 0.1) is 0 Å². The van der Waals surface area contributed by atoms with Crippen molar-refractivity contribution in [1.29, 1.82) is 0 Å². The number of nitrogens with one attached hydrogen (secondary N) is 1. The summed E-state index contributed by atoms with van der Waals surface area (Å²) in [4.78, 5) is 15.8. The lowest BCUT2D eigenvalue weighted by Crippen LogP contribution is -2.19. The van der Waals surface area contributed by atoms with Crippen LogP contribution >= 0.6 is 11.3 Å². The molecule has 1 aliphatic rings. The highest BCUT2D eigenvalue weighted by molar-refractivity contribution is 7.13. The van der Waals surface area contributed by atoms with Crippen molar-refractivity contribution in [2.24, 2.45) is 0 Å². The van der Waals surface area contributed by atoms with Gasteiger partial charge < -0.3 is 4.74 Å². The topological polar surface area (TPSA) is 54.5 Å². The first kappa shape index (κ1) is 10.6. The summed E-state index contributed by atoms with van der Waals surface area (Å²) in [5.74, 6) is 0.301. The van der Waals surface area contributed by atoms with E-state index in [1.165, 1.54) is 11.3 Å². The largest absolute Gasteiger partial charge is 0.359 e. The van der Waals surface area contributed by atoms with Crippen LogP contribution in [0.5, 0.6) is 0 Å². The number of hydrogen-bond donors (Lipinski definition) is 1. The molecule has 1 amide bonds. The van der Waals surface area contributed by atoms with Gasteiger partial charge in [0, 0.05) is 5.38 Å². The Balaban J connectivity index is 1.96. The van der Waals surface area contributed by atoms with E-state index in [-0.39, 0.29) is 18.1 Å². The predicted molar refractivity (Wildman–Crippen MR) is 59.2 cm³/mol. The minimum absolute atomic E-state index is 0.0505. The monoisotopic (exact) mass is 226 g/mol. The van der Waals surface area contributed by atoms with Gasteiger partial charge >= 0.3 is 0 Å². The third-order valence-electron chi connectivity index (χ3n) is 2.31. The van der Waals surface area contributed by atoms with E-state index in [0.29, 0.717) is 11.0 Å². The van der Waals surface area contributed by atoms with Crippen LogP contribution in [0.3, 0.4) is 0 Å². The van der Waals surface area contributed by atoms with Gasteiger partial charge in [0.05, 0.1) is 11.8 Å². The Hall–Kier alpha value is -0.940. The summed E-state index contributed by atoms with van der Waals surface area (Å²) in [5.41, 5.74) is 1.01. The van der Waals surface area contributed by atoms with Gasteiger partial charge in [-0.2, -0.15) is 0 Å². The standard InChI is InChI=1S/C10H14N2O2S/c1-5(2)7-4-15-10(11-7)12-9(13)8-6(3)14-8/h4-6,8H,1-3H3,(H,11,12,13)/t6-,8+/m0/s1. The van der Waals surface area contributed by atoms with Crippen LogP contribution < -0.4 is 5.32 Å². The molecule has 0 saturated carbocycles. The maximum Gasteiger partial charge on any atom is 0.258 e. The lowest BCUT2D eigenvalue weighted by molar-refractivity contribution is -0.117. The highest BCUT2D eigenvalue weighted by atomic mass is 32.1. The molecule has 1 N–H and O–H groups in total. The Bertz CT molecular complexity index is 375. The molecule has 2 rings (SSSR count). The molecule has 82 valence electrons. The first-order valence-electron chi connectivity index (χ1n) is 4.99. The van der Waals surface area contributed by atoms with Crippen LogP contribution in [0.4, 0.5) is 5.13 Å². The number of nitrogens with zero attached hydrogens (tertiary/aromatic N) is 1. The molecule has 1 aromatic rings. The molecule has 0 spiro atoms. The van der Waals surface area contributed by atoms with E-state index in [2.05, 4.69) is 24.1 Å². The minimum atomic E-state index is -0.281. The van der Waals surface area contributed by atoms with Gasteiger partial charge in [0.1, 0.15) is 0 Å². The summed E-state index contributed by atoms with van der Waals surface area (Å²) >= 11 is 1.45. The van der Waals surface area contributed by atoms with Crippen LogP contribution in [0.1, 0.15) is 32.4 Å². The molecule has 0 aromatic carbocycles. The predicted octanol–water partition coefficient (Wildman–Crippen LogP) is 1.99. The quantitative estimate of drug-likeness (QED) is 0.802. The van der Waals surface area contributed by atoms with E-state index in [0.717, 1.165) is 5.69 Å². The molecular weight excluding hydrogens is 212 g/mol. The molecule has 4 nitrogen and oxygen atoms in total. The Labute approximate surface area is 92.7 Å². The van der Waals surface area contributed by atoms with Gasteiger partial charge in [-0.25, -0.2) is 4.98 Å². The summed E-state index contributed by atoms with van der Waals surface area (Å²) in [5, 5.41) is 5.38. The number of ether oxygens (including phenoxy) is 1. The third kappa shape index (κ3) is 2.35. The second-order valence-corrected chi connectivity index (χ2v) is 4.84. The maximum atomic E-state index is 11.5. The molecule has 0 unspecified atom stereocenters. The molecular formula is C10H14N2O2S. The average molecular weight is 226 g/mol. The second kappa shape index (κ2) is 3.90. The highest BCUT2D eigenvalue weighted by Gasteiger charge is 2.41. The number of anilines is 1. The Morgan fingerprint density at radius 2 is 2.33 bits per heavy atom. The van der Waals surface area contributed by atoms with Crippen LogP contribution in [-0.2, 0) is 9.53 Å². The normalized spacial score (nSPS) is 24.3. The van der Waals surface area contributed by atoms with E-state index >= 15 is 0 Å². The van der Waals surface area contributed by atoms with Gasteiger partial charge in [0.15, 0.2) is 11.2 Å². The van der Waals surface area contributed by atoms with Crippen LogP contribution in [0.15, 0.2) is 5.38 Å². The summed E-state index contributed by atoms with van der Waals surface area (Å²) in [7, 11) is 0. The molecule has 1 fully saturated rings. The average Bonchev–Trinajstić information content (AvgIpc) is 2.73. The zero-order valence-electron chi connectivity index (χ0n) is 8.98. The van der Waals surface area contributed by atoms with E-state index in [1.807, 2.05) is 12.3 Å². The molecule has 15 heavy (non-hydrogen) atoms. The smallest absolute Gasteiger partial charge is 0.258 e. The number of hydrogen-bond acceptors (Lipinski definition) is 4. The van der Waals surface area contributed by atoms with Gasteiger partial charge in [-0.05, 0) is 12.8 Å². The van der Waals surface area contributed by atoms with Gasteiger partial charge in [-0.3, -0.25) is 10.1 Å². The van der Waals surface area contributed by atoms with Crippen molar-refractivity contribution in [3.8, 4) is 0 Å². The number of carbonyl (C=O) groups excluding carboxylic acids is 1. The lowest BCUT2D eigenvalue weighted by Gasteiger charge is -1.98. The SMILES string of the molecule is CC(C)c1csc(NC(=O)[C@@H]2O[C@H]2C)n1. The van der Waals surface area contributed by atoms with Gasteiger partial charge in [0.2, 0.25) is 0 Å². The van der Waals surface area contributed by atoms with Crippen molar-refractivity contribution in [2.45, 2.75) is 38.9 Å². The van der Waals surface area contributed by atoms with Crippen molar-refractivity contribution >= 4 is 22.4 Å². The number of thiazole rings is 1. The zero-order valence-corrected chi connectivity index (χ0v) is 9.80. The molecule has 2 heterocycles. The summed E-state index contributed by atoms with van der Waals surface area (Å²) in [6, 6.07) is 0. The first-order chi connectivity index (χ1) is 7.08. The maximum absolute atomic E-state index is 11.5. The number of aromatic nitrogens is 1. The van der Waals surface area contributed by atoms with Crippen molar-refractivity contribution in [2.75, 3.05) is 5.32 Å². The number of carbonyl (C=O) groups is 1. The summed E-state index contributed by atoms with van der Waals surface area (Å²) in [6.45, 7) is 6.03. The van der Waals surface area contributed by atoms with Gasteiger partial charge in [-0.1, -0.05) is 13.8 Å². The fourth-order valence-electron chi connectivity index (χ4n) is 1.25. The van der Waals surface area contributed by atoms with E-state index in [4.69, 9.17) is 4.74 Å². The first-order valence-corrected chi connectivity index (χ1v) is 5.87. The number of amides is 1. The van der Waals surface area contributed by atoms with E-state index in [1.54, 1.807) is 0 Å². The highest BCUT2D eigenvalue weighted by Crippen LogP contribution is 2.25. The van der Waals surface area contributed by atoms with E-state index in [9.17, 15) is 4.79 Å². The minimum Gasteiger partial charge on any atom is -0.359 e. The molecule has 5 heteroatoms. The molecule has 1 aromatic heterocycles. The molecule has 0 radical (unpaired) electrons. The van der Waals surface area contributed by atoms with E-state index < -0.39 is 0 Å². The molecule has 1 saturated heterocycles. The molecule has 2 atom stereocenters. The number of rotatable bonds is 3. The molecule has 1 aliphatic heterocycles. The van der Waals surface area contributed by atoms with Gasteiger partial charge in [0.25, 0.3) is 5.91 Å². The zero-order chi connectivity index (χ0) is 11.0. The fraction of sp³-hybridized carbons (Fsp3) is 0.600. The van der Waals surface area contributed by atoms with Crippen molar-refractivity contribution in [3.05, 3.63) is 11.1 Å².